The highest BCUT2D eigenvalue weighted by Gasteiger charge is 2.06. The van der Waals surface area contributed by atoms with Gasteiger partial charge >= 0.3 is 0 Å². The number of hydrogen-bond donors (Lipinski definition) is 0. The van der Waals surface area contributed by atoms with Crippen molar-refractivity contribution < 1.29 is 0 Å². The van der Waals surface area contributed by atoms with Crippen molar-refractivity contribution in [2.24, 2.45) is 0 Å². The fraction of sp³-hybridized carbons (Fsp3) is 0.333. The smallest absolute Gasteiger partial charge is 0.266 e. The highest BCUT2D eigenvalue weighted by molar-refractivity contribution is 6.41. The molecule has 0 amide bonds. The first-order valence-corrected chi connectivity index (χ1v) is 4.83. The SMILES string of the molecule is C=C(C)CCn1ncc(Cl)c(Cl)c1=O. The molecule has 0 atom stereocenters. The lowest BCUT2D eigenvalue weighted by molar-refractivity contribution is 0.577. The first-order valence-electron chi connectivity index (χ1n) is 4.08. The average molecular weight is 233 g/mol. The van der Waals surface area contributed by atoms with Gasteiger partial charge in [0.2, 0.25) is 0 Å². The van der Waals surface area contributed by atoms with Crippen molar-refractivity contribution in [1.82, 2.24) is 9.78 Å². The number of aromatic nitrogens is 2. The van der Waals surface area contributed by atoms with Crippen LogP contribution in [0.2, 0.25) is 10.0 Å². The van der Waals surface area contributed by atoms with Crippen LogP contribution in [0.3, 0.4) is 0 Å². The van der Waals surface area contributed by atoms with E-state index in [4.69, 9.17) is 23.2 Å². The molecule has 0 saturated carbocycles. The van der Waals surface area contributed by atoms with Crippen molar-refractivity contribution in [1.29, 1.82) is 0 Å². The Kier molecular flexibility index (Phi) is 3.72. The lowest BCUT2D eigenvalue weighted by Crippen LogP contribution is -2.23. The van der Waals surface area contributed by atoms with Crippen LogP contribution in [0.15, 0.2) is 23.1 Å². The van der Waals surface area contributed by atoms with Gasteiger partial charge in [0.1, 0.15) is 5.02 Å². The predicted molar refractivity (Wildman–Crippen MR) is 57.9 cm³/mol. The van der Waals surface area contributed by atoms with E-state index in [2.05, 4.69) is 11.7 Å². The summed E-state index contributed by atoms with van der Waals surface area (Å²) in [4.78, 5) is 11.5. The molecular formula is C9H10Cl2N2O. The maximum atomic E-state index is 11.5. The van der Waals surface area contributed by atoms with Crippen molar-refractivity contribution in [2.45, 2.75) is 19.9 Å². The molecule has 0 bridgehead atoms. The van der Waals surface area contributed by atoms with Gasteiger partial charge in [0, 0.05) is 6.54 Å². The third-order valence-electron chi connectivity index (χ3n) is 1.69. The largest absolute Gasteiger partial charge is 0.287 e. The molecule has 3 nitrogen and oxygen atoms in total. The Hall–Kier alpha value is -0.800. The highest BCUT2D eigenvalue weighted by Crippen LogP contribution is 2.14. The lowest BCUT2D eigenvalue weighted by atomic mass is 10.2. The fourth-order valence-electron chi connectivity index (χ4n) is 0.901. The number of halogens is 2. The molecule has 14 heavy (non-hydrogen) atoms. The molecule has 0 fully saturated rings. The molecule has 0 unspecified atom stereocenters. The van der Waals surface area contributed by atoms with E-state index in [-0.39, 0.29) is 15.6 Å². The van der Waals surface area contributed by atoms with Crippen molar-refractivity contribution in [3.05, 3.63) is 38.7 Å². The minimum atomic E-state index is -0.361. The second-order valence-corrected chi connectivity index (χ2v) is 3.83. The van der Waals surface area contributed by atoms with Gasteiger partial charge in [0.05, 0.1) is 11.2 Å². The Labute approximate surface area is 92.0 Å². The molecule has 1 rings (SSSR count). The molecule has 1 aromatic heterocycles. The van der Waals surface area contributed by atoms with E-state index in [9.17, 15) is 4.79 Å². The second-order valence-electron chi connectivity index (χ2n) is 3.04. The van der Waals surface area contributed by atoms with Gasteiger partial charge < -0.3 is 0 Å². The number of rotatable bonds is 3. The number of allylic oxidation sites excluding steroid dienone is 1. The molecule has 0 radical (unpaired) electrons. The van der Waals surface area contributed by atoms with E-state index >= 15 is 0 Å². The molecule has 0 aromatic carbocycles. The van der Waals surface area contributed by atoms with Crippen LogP contribution in [0.25, 0.3) is 0 Å². The van der Waals surface area contributed by atoms with Crippen LogP contribution in [-0.4, -0.2) is 9.78 Å². The van der Waals surface area contributed by atoms with Crippen molar-refractivity contribution in [3.8, 4) is 0 Å². The van der Waals surface area contributed by atoms with Crippen LogP contribution >= 0.6 is 23.2 Å². The molecule has 0 N–H and O–H groups in total. The summed E-state index contributed by atoms with van der Waals surface area (Å²) in [6.45, 7) is 6.11. The Morgan fingerprint density at radius 2 is 2.29 bits per heavy atom. The Morgan fingerprint density at radius 1 is 1.64 bits per heavy atom. The molecule has 0 saturated heterocycles. The van der Waals surface area contributed by atoms with Crippen LogP contribution in [0.1, 0.15) is 13.3 Å². The quantitative estimate of drug-likeness (QED) is 0.752. The van der Waals surface area contributed by atoms with Gasteiger partial charge in [0.15, 0.2) is 0 Å². The van der Waals surface area contributed by atoms with Gasteiger partial charge in [-0.15, -0.1) is 6.58 Å². The second kappa shape index (κ2) is 4.62. The molecule has 0 aliphatic carbocycles. The number of aryl methyl sites for hydroxylation is 1. The molecule has 0 aliphatic rings. The molecule has 1 aromatic rings. The monoisotopic (exact) mass is 232 g/mol. The van der Waals surface area contributed by atoms with Gasteiger partial charge in [-0.1, -0.05) is 28.8 Å². The Morgan fingerprint density at radius 3 is 2.86 bits per heavy atom. The summed E-state index contributed by atoms with van der Waals surface area (Å²) < 4.78 is 1.28. The first-order chi connectivity index (χ1) is 6.52. The fourth-order valence-corrected chi connectivity index (χ4v) is 1.17. The van der Waals surface area contributed by atoms with Crippen LogP contribution in [0.4, 0.5) is 0 Å². The summed E-state index contributed by atoms with van der Waals surface area (Å²) in [6, 6.07) is 0. The van der Waals surface area contributed by atoms with Crippen LogP contribution < -0.4 is 5.56 Å². The van der Waals surface area contributed by atoms with Crippen molar-refractivity contribution in [2.75, 3.05) is 0 Å². The van der Waals surface area contributed by atoms with Crippen LogP contribution in [0, 0.1) is 0 Å². The first kappa shape index (κ1) is 11.3. The molecule has 1 heterocycles. The van der Waals surface area contributed by atoms with E-state index in [0.29, 0.717) is 13.0 Å². The molecule has 0 spiro atoms. The van der Waals surface area contributed by atoms with E-state index in [1.807, 2.05) is 6.92 Å². The van der Waals surface area contributed by atoms with Crippen LogP contribution in [0.5, 0.6) is 0 Å². The van der Waals surface area contributed by atoms with Crippen LogP contribution in [-0.2, 0) is 6.54 Å². The van der Waals surface area contributed by atoms with Crippen molar-refractivity contribution in [3.63, 3.8) is 0 Å². The van der Waals surface area contributed by atoms with E-state index in [1.54, 1.807) is 0 Å². The highest BCUT2D eigenvalue weighted by atomic mass is 35.5. The zero-order valence-electron chi connectivity index (χ0n) is 7.76. The normalized spacial score (nSPS) is 10.2. The topological polar surface area (TPSA) is 34.9 Å². The summed E-state index contributed by atoms with van der Waals surface area (Å²) in [6.07, 6.45) is 2.06. The Bertz CT molecular complexity index is 412. The summed E-state index contributed by atoms with van der Waals surface area (Å²) in [5.41, 5.74) is 0.630. The van der Waals surface area contributed by atoms with Gasteiger partial charge in [-0.05, 0) is 13.3 Å². The minimum Gasteiger partial charge on any atom is -0.266 e. The predicted octanol–water partition coefficient (Wildman–Crippen LogP) is 2.52. The standard InChI is InChI=1S/C9H10Cl2N2O/c1-6(2)3-4-13-9(14)8(11)7(10)5-12-13/h5H,1,3-4H2,2H3. The lowest BCUT2D eigenvalue weighted by Gasteiger charge is -2.04. The average Bonchev–Trinajstić information content (AvgIpc) is 2.13. The maximum Gasteiger partial charge on any atom is 0.287 e. The molecule has 5 heteroatoms. The summed E-state index contributed by atoms with van der Waals surface area (Å²) in [5.74, 6) is 0. The molecule has 0 aliphatic heterocycles. The molecule has 76 valence electrons. The van der Waals surface area contributed by atoms with Gasteiger partial charge in [-0.25, -0.2) is 4.68 Å². The zero-order valence-corrected chi connectivity index (χ0v) is 9.27. The number of hydrogen-bond acceptors (Lipinski definition) is 2. The Balaban J connectivity index is 2.95. The number of nitrogens with zero attached hydrogens (tertiary/aromatic N) is 2. The summed E-state index contributed by atoms with van der Waals surface area (Å²) in [5, 5.41) is 4.06. The van der Waals surface area contributed by atoms with Gasteiger partial charge in [0.25, 0.3) is 5.56 Å². The van der Waals surface area contributed by atoms with Crippen molar-refractivity contribution >= 4 is 23.2 Å². The maximum absolute atomic E-state index is 11.5. The third-order valence-corrected chi connectivity index (χ3v) is 2.44. The summed E-state index contributed by atoms with van der Waals surface area (Å²) in [7, 11) is 0. The van der Waals surface area contributed by atoms with E-state index in [1.165, 1.54) is 10.9 Å². The summed E-state index contributed by atoms with van der Waals surface area (Å²) >= 11 is 11.3. The zero-order chi connectivity index (χ0) is 10.7. The third kappa shape index (κ3) is 2.59. The molecular weight excluding hydrogens is 223 g/mol. The van der Waals surface area contributed by atoms with Gasteiger partial charge in [-0.2, -0.15) is 5.10 Å². The van der Waals surface area contributed by atoms with E-state index in [0.717, 1.165) is 5.57 Å². The van der Waals surface area contributed by atoms with E-state index < -0.39 is 0 Å². The van der Waals surface area contributed by atoms with Gasteiger partial charge in [-0.3, -0.25) is 4.79 Å². The minimum absolute atomic E-state index is 0.0170.